The van der Waals surface area contributed by atoms with Gasteiger partial charge in [-0.1, -0.05) is 23.4 Å². The zero-order valence-corrected chi connectivity index (χ0v) is 16.6. The van der Waals surface area contributed by atoms with Gasteiger partial charge in [0.2, 0.25) is 10.0 Å². The van der Waals surface area contributed by atoms with E-state index in [1.54, 1.807) is 25.1 Å². The van der Waals surface area contributed by atoms with E-state index in [1.807, 2.05) is 6.07 Å². The lowest BCUT2D eigenvalue weighted by Gasteiger charge is -2.22. The van der Waals surface area contributed by atoms with Gasteiger partial charge in [-0.05, 0) is 55.7 Å². The summed E-state index contributed by atoms with van der Waals surface area (Å²) in [7, 11) is -3.67. The van der Waals surface area contributed by atoms with Crippen molar-refractivity contribution >= 4 is 10.0 Å². The molecule has 0 bridgehead atoms. The van der Waals surface area contributed by atoms with Gasteiger partial charge in [0.25, 0.3) is 5.89 Å². The molecule has 1 aliphatic rings. The van der Waals surface area contributed by atoms with Crippen LogP contribution in [0.1, 0.15) is 36.2 Å². The predicted octanol–water partition coefficient (Wildman–Crippen LogP) is 3.62. The van der Waals surface area contributed by atoms with E-state index >= 15 is 0 Å². The first-order valence-electron chi connectivity index (χ1n) is 9.23. The number of aromatic nitrogens is 2. The summed E-state index contributed by atoms with van der Waals surface area (Å²) in [5, 5.41) is 3.97. The second kappa shape index (κ2) is 7.92. The molecule has 1 unspecified atom stereocenters. The third-order valence-electron chi connectivity index (χ3n) is 4.84. The van der Waals surface area contributed by atoms with Crippen LogP contribution in [0.25, 0.3) is 0 Å². The molecule has 1 aromatic heterocycles. The van der Waals surface area contributed by atoms with Crippen molar-refractivity contribution in [1.82, 2.24) is 14.4 Å². The second-order valence-electron chi connectivity index (χ2n) is 6.83. The van der Waals surface area contributed by atoms with E-state index in [1.165, 1.54) is 28.6 Å². The maximum Gasteiger partial charge on any atom is 0.264 e. The summed E-state index contributed by atoms with van der Waals surface area (Å²) >= 11 is 0. The number of sulfonamides is 1. The largest absolute Gasteiger partial charge is 0.484 e. The molecule has 2 heterocycles. The number of rotatable bonds is 6. The van der Waals surface area contributed by atoms with Crippen LogP contribution >= 0.6 is 0 Å². The fraction of sp³-hybridized carbons (Fsp3) is 0.300. The lowest BCUT2D eigenvalue weighted by molar-refractivity contribution is 0.241. The molecule has 152 valence electrons. The maximum absolute atomic E-state index is 13.2. The first kappa shape index (κ1) is 19.5. The first-order valence-corrected chi connectivity index (χ1v) is 10.7. The minimum Gasteiger partial charge on any atom is -0.484 e. The van der Waals surface area contributed by atoms with Crippen LogP contribution in [-0.2, 0) is 16.6 Å². The molecule has 2 aromatic carbocycles. The van der Waals surface area contributed by atoms with Gasteiger partial charge < -0.3 is 9.26 Å². The third kappa shape index (κ3) is 4.01. The fourth-order valence-electron chi connectivity index (χ4n) is 3.40. The monoisotopic (exact) mass is 417 g/mol. The number of hydrogen-bond acceptors (Lipinski definition) is 6. The van der Waals surface area contributed by atoms with Gasteiger partial charge in [-0.2, -0.15) is 9.29 Å². The summed E-state index contributed by atoms with van der Waals surface area (Å²) in [5.41, 5.74) is 0.694. The van der Waals surface area contributed by atoms with Gasteiger partial charge in [0, 0.05) is 6.54 Å². The second-order valence-corrected chi connectivity index (χ2v) is 8.69. The van der Waals surface area contributed by atoms with E-state index in [0.717, 1.165) is 0 Å². The SMILES string of the molecule is Cc1ccccc1S(=O)(=O)N1CCCC1c1noc(COc2ccc(F)cc2)n1. The lowest BCUT2D eigenvalue weighted by atomic mass is 10.2. The summed E-state index contributed by atoms with van der Waals surface area (Å²) in [6.45, 7) is 2.18. The molecule has 0 radical (unpaired) electrons. The van der Waals surface area contributed by atoms with Gasteiger partial charge in [-0.15, -0.1) is 0 Å². The Kier molecular flexibility index (Phi) is 5.33. The fourth-order valence-corrected chi connectivity index (χ4v) is 5.28. The molecule has 9 heteroatoms. The Balaban J connectivity index is 1.51. The van der Waals surface area contributed by atoms with Gasteiger partial charge in [0.1, 0.15) is 11.6 Å². The van der Waals surface area contributed by atoms with Crippen molar-refractivity contribution in [3.63, 3.8) is 0 Å². The Morgan fingerprint density at radius 2 is 1.97 bits per heavy atom. The van der Waals surface area contributed by atoms with Crippen molar-refractivity contribution in [3.8, 4) is 5.75 Å². The normalized spacial score (nSPS) is 17.5. The average Bonchev–Trinajstić information content (AvgIpc) is 3.37. The van der Waals surface area contributed by atoms with Gasteiger partial charge in [-0.25, -0.2) is 12.8 Å². The van der Waals surface area contributed by atoms with E-state index < -0.39 is 16.1 Å². The van der Waals surface area contributed by atoms with E-state index in [9.17, 15) is 12.8 Å². The highest BCUT2D eigenvalue weighted by Gasteiger charge is 2.39. The summed E-state index contributed by atoms with van der Waals surface area (Å²) < 4.78 is 51.5. The Morgan fingerprint density at radius 3 is 2.72 bits per heavy atom. The number of nitrogens with zero attached hydrogens (tertiary/aromatic N) is 3. The molecular weight excluding hydrogens is 397 g/mol. The minimum absolute atomic E-state index is 0.00982. The van der Waals surface area contributed by atoms with Crippen molar-refractivity contribution in [2.24, 2.45) is 0 Å². The van der Waals surface area contributed by atoms with E-state index in [0.29, 0.717) is 36.5 Å². The van der Waals surface area contributed by atoms with Crippen LogP contribution in [0.15, 0.2) is 57.9 Å². The highest BCUT2D eigenvalue weighted by atomic mass is 32.2. The Bertz CT molecular complexity index is 1100. The van der Waals surface area contributed by atoms with Crippen molar-refractivity contribution in [3.05, 3.63) is 71.6 Å². The van der Waals surface area contributed by atoms with E-state index in [2.05, 4.69) is 10.1 Å². The van der Waals surface area contributed by atoms with Crippen LogP contribution < -0.4 is 4.74 Å². The van der Waals surface area contributed by atoms with Crippen LogP contribution in [0.5, 0.6) is 5.75 Å². The quantitative estimate of drug-likeness (QED) is 0.609. The average molecular weight is 417 g/mol. The first-order chi connectivity index (χ1) is 13.9. The van der Waals surface area contributed by atoms with Crippen molar-refractivity contribution in [1.29, 1.82) is 0 Å². The molecule has 7 nitrogen and oxygen atoms in total. The Hall–Kier alpha value is -2.78. The summed E-state index contributed by atoms with van der Waals surface area (Å²) in [5.74, 6) is 0.659. The predicted molar refractivity (Wildman–Crippen MR) is 102 cm³/mol. The number of halogens is 1. The van der Waals surface area contributed by atoms with Crippen molar-refractivity contribution in [2.75, 3.05) is 6.54 Å². The number of aryl methyl sites for hydroxylation is 1. The zero-order chi connectivity index (χ0) is 20.4. The molecule has 1 fully saturated rings. The van der Waals surface area contributed by atoms with Crippen LogP contribution in [0.4, 0.5) is 4.39 Å². The zero-order valence-electron chi connectivity index (χ0n) is 15.8. The lowest BCUT2D eigenvalue weighted by Crippen LogP contribution is -2.31. The van der Waals surface area contributed by atoms with E-state index in [4.69, 9.17) is 9.26 Å². The molecular formula is C20H20FN3O4S. The highest BCUT2D eigenvalue weighted by Crippen LogP contribution is 2.36. The molecule has 0 amide bonds. The minimum atomic E-state index is -3.67. The number of ether oxygens (including phenoxy) is 1. The third-order valence-corrected chi connectivity index (χ3v) is 6.91. The van der Waals surface area contributed by atoms with Crippen molar-refractivity contribution in [2.45, 2.75) is 37.3 Å². The molecule has 0 saturated carbocycles. The number of benzene rings is 2. The molecule has 1 atom stereocenters. The summed E-state index contributed by atoms with van der Waals surface area (Å²) in [4.78, 5) is 4.61. The molecule has 1 saturated heterocycles. The molecule has 29 heavy (non-hydrogen) atoms. The topological polar surface area (TPSA) is 85.5 Å². The van der Waals surface area contributed by atoms with Gasteiger partial charge in [0.05, 0.1) is 10.9 Å². The van der Waals surface area contributed by atoms with Gasteiger partial charge >= 0.3 is 0 Å². The Morgan fingerprint density at radius 1 is 1.21 bits per heavy atom. The molecule has 4 rings (SSSR count). The van der Waals surface area contributed by atoms with Crippen LogP contribution in [-0.4, -0.2) is 29.4 Å². The van der Waals surface area contributed by atoms with Crippen LogP contribution in [0.2, 0.25) is 0 Å². The molecule has 0 N–H and O–H groups in total. The summed E-state index contributed by atoms with van der Waals surface area (Å²) in [6, 6.07) is 12.0. The van der Waals surface area contributed by atoms with Gasteiger partial charge in [0.15, 0.2) is 12.4 Å². The Labute approximate surface area is 168 Å². The van der Waals surface area contributed by atoms with E-state index in [-0.39, 0.29) is 23.2 Å². The van der Waals surface area contributed by atoms with Crippen LogP contribution in [0, 0.1) is 12.7 Å². The maximum atomic E-state index is 13.2. The summed E-state index contributed by atoms with van der Waals surface area (Å²) in [6.07, 6.45) is 1.33. The molecule has 3 aromatic rings. The number of hydrogen-bond donors (Lipinski definition) is 0. The van der Waals surface area contributed by atoms with Crippen LogP contribution in [0.3, 0.4) is 0 Å². The molecule has 0 spiro atoms. The smallest absolute Gasteiger partial charge is 0.264 e. The molecule has 0 aliphatic carbocycles. The van der Waals surface area contributed by atoms with Gasteiger partial charge in [-0.3, -0.25) is 0 Å². The standard InChI is InChI=1S/C20H20FN3O4S/c1-14-5-2-3-7-18(14)29(25,26)24-12-4-6-17(24)20-22-19(28-23-20)13-27-16-10-8-15(21)9-11-16/h2-3,5,7-11,17H,4,6,12-13H2,1H3. The van der Waals surface area contributed by atoms with Crippen molar-refractivity contribution < 1.29 is 22.1 Å². The molecule has 1 aliphatic heterocycles. The highest BCUT2D eigenvalue weighted by molar-refractivity contribution is 7.89.